The number of alkyl halides is 6. The largest absolute Gasteiger partial charge is 0.465 e. The zero-order valence-corrected chi connectivity index (χ0v) is 14.4. The van der Waals surface area contributed by atoms with E-state index in [9.17, 15) is 30.7 Å². The molecule has 29 heavy (non-hydrogen) atoms. The number of halogens is 7. The van der Waals surface area contributed by atoms with Gasteiger partial charge in [-0.2, -0.15) is 36.0 Å². The summed E-state index contributed by atoms with van der Waals surface area (Å²) in [6, 6.07) is 3.45. The maximum Gasteiger partial charge on any atom is 0.346 e. The molecule has 3 heterocycles. The molecule has 4 rings (SSSR count). The van der Waals surface area contributed by atoms with Gasteiger partial charge in [-0.3, -0.25) is 0 Å². The number of fused-ring (bicyclic) bond motifs is 1. The highest BCUT2D eigenvalue weighted by Gasteiger charge is 2.73. The first-order valence-electron chi connectivity index (χ1n) is 8.09. The van der Waals surface area contributed by atoms with Crippen molar-refractivity contribution >= 4 is 5.65 Å². The molecule has 0 saturated heterocycles. The van der Waals surface area contributed by atoms with E-state index < -0.39 is 47.8 Å². The molecule has 6 nitrogen and oxygen atoms in total. The Morgan fingerprint density at radius 3 is 2.48 bits per heavy atom. The Hall–Kier alpha value is -2.99. The maximum atomic E-state index is 14.2. The Labute approximate surface area is 157 Å². The molecule has 1 aliphatic rings. The molecule has 154 valence electrons. The number of aromatic nitrogens is 5. The van der Waals surface area contributed by atoms with Gasteiger partial charge in [-0.1, -0.05) is 0 Å². The molecule has 0 amide bonds. The first-order chi connectivity index (χ1) is 13.4. The van der Waals surface area contributed by atoms with Crippen molar-refractivity contribution in [3.8, 4) is 17.1 Å². The fourth-order valence-electron chi connectivity index (χ4n) is 2.72. The second kappa shape index (κ2) is 6.00. The van der Waals surface area contributed by atoms with Crippen molar-refractivity contribution < 1.29 is 35.5 Å². The number of hydrogen-bond acceptors (Lipinski definition) is 5. The van der Waals surface area contributed by atoms with E-state index in [1.54, 1.807) is 0 Å². The van der Waals surface area contributed by atoms with Gasteiger partial charge in [0.2, 0.25) is 5.82 Å². The van der Waals surface area contributed by atoms with Gasteiger partial charge in [0, 0.05) is 18.7 Å². The molecule has 3 aromatic heterocycles. The highest BCUT2D eigenvalue weighted by atomic mass is 19.3. The minimum atomic E-state index is -4.44. The topological polar surface area (TPSA) is 65.2 Å². The average Bonchev–Trinajstić information content (AvgIpc) is 3.06. The highest BCUT2D eigenvalue weighted by molar-refractivity contribution is 5.59. The third-order valence-corrected chi connectivity index (χ3v) is 4.35. The van der Waals surface area contributed by atoms with Crippen LogP contribution in [-0.4, -0.2) is 42.7 Å². The monoisotopic (exact) mass is 421 g/mol. The summed E-state index contributed by atoms with van der Waals surface area (Å²) >= 11 is 0. The molecule has 1 atom stereocenters. The minimum Gasteiger partial charge on any atom is -0.465 e. The molecular weight excluding hydrogens is 411 g/mol. The highest BCUT2D eigenvalue weighted by Crippen LogP contribution is 2.52. The second-order valence-electron chi connectivity index (χ2n) is 6.55. The Morgan fingerprint density at radius 2 is 1.90 bits per heavy atom. The van der Waals surface area contributed by atoms with Crippen molar-refractivity contribution in [1.29, 1.82) is 0 Å². The summed E-state index contributed by atoms with van der Waals surface area (Å²) < 4.78 is 99.0. The van der Waals surface area contributed by atoms with Crippen LogP contribution < -0.4 is 4.74 Å². The van der Waals surface area contributed by atoms with Crippen molar-refractivity contribution in [2.24, 2.45) is 0 Å². The summed E-state index contributed by atoms with van der Waals surface area (Å²) in [7, 11) is 0. The minimum absolute atomic E-state index is 0.00116. The first-order valence-corrected chi connectivity index (χ1v) is 8.09. The van der Waals surface area contributed by atoms with Gasteiger partial charge >= 0.3 is 17.8 Å². The number of hydrogen-bond donors (Lipinski definition) is 0. The summed E-state index contributed by atoms with van der Waals surface area (Å²) in [6.45, 7) is 0.602. The van der Waals surface area contributed by atoms with E-state index in [1.807, 2.05) is 0 Å². The lowest BCUT2D eigenvalue weighted by molar-refractivity contribution is -0.324. The Kier molecular flexibility index (Phi) is 4.00. The molecule has 1 saturated carbocycles. The number of pyridine rings is 1. The smallest absolute Gasteiger partial charge is 0.346 e. The average molecular weight is 421 g/mol. The van der Waals surface area contributed by atoms with Crippen LogP contribution in [0.3, 0.4) is 0 Å². The van der Waals surface area contributed by atoms with E-state index in [-0.39, 0.29) is 16.9 Å². The molecule has 13 heteroatoms. The van der Waals surface area contributed by atoms with Gasteiger partial charge in [-0.05, 0) is 18.2 Å². The molecule has 3 aromatic rings. The summed E-state index contributed by atoms with van der Waals surface area (Å²) in [5.74, 6) is -14.9. The standard InChI is InChI=1S/C16H10F7N5O/c1-14(18,19)13-26-25-11-3-2-9(27-28(11)13)7-4-8(17)12(24-6-7)29-10-5-15(20,21)16(10,22)23/h2-4,6,10H,5H2,1H3/t10-/m1/s1. The molecule has 0 unspecified atom stereocenters. The van der Waals surface area contributed by atoms with Crippen molar-refractivity contribution in [3.05, 3.63) is 36.0 Å². The van der Waals surface area contributed by atoms with E-state index in [0.29, 0.717) is 6.92 Å². The molecule has 1 aliphatic carbocycles. The van der Waals surface area contributed by atoms with E-state index in [1.165, 1.54) is 12.1 Å². The molecule has 0 aliphatic heterocycles. The summed E-state index contributed by atoms with van der Waals surface area (Å²) in [6.07, 6.45) is -2.51. The van der Waals surface area contributed by atoms with Gasteiger partial charge in [0.25, 0.3) is 5.88 Å². The second-order valence-corrected chi connectivity index (χ2v) is 6.55. The van der Waals surface area contributed by atoms with Gasteiger partial charge in [-0.15, -0.1) is 10.2 Å². The predicted octanol–water partition coefficient (Wildman–Crippen LogP) is 3.86. The van der Waals surface area contributed by atoms with Crippen molar-refractivity contribution in [2.75, 3.05) is 0 Å². The van der Waals surface area contributed by atoms with Crippen LogP contribution in [0, 0.1) is 5.82 Å². The van der Waals surface area contributed by atoms with Crippen molar-refractivity contribution in [1.82, 2.24) is 24.8 Å². The zero-order valence-electron chi connectivity index (χ0n) is 14.4. The fraction of sp³-hybridized carbons (Fsp3) is 0.375. The number of nitrogens with zero attached hydrogens (tertiary/aromatic N) is 5. The third-order valence-electron chi connectivity index (χ3n) is 4.35. The Balaban J connectivity index is 1.63. The fourth-order valence-corrected chi connectivity index (χ4v) is 2.72. The third kappa shape index (κ3) is 3.04. The molecule has 0 N–H and O–H groups in total. The normalized spacial score (nSPS) is 20.5. The first kappa shape index (κ1) is 19.3. The zero-order chi connectivity index (χ0) is 21.2. The number of rotatable bonds is 4. The lowest BCUT2D eigenvalue weighted by Crippen LogP contribution is -2.64. The molecule has 0 spiro atoms. The van der Waals surface area contributed by atoms with Gasteiger partial charge in [0.05, 0.1) is 12.1 Å². The van der Waals surface area contributed by atoms with Crippen molar-refractivity contribution in [2.45, 2.75) is 37.2 Å². The van der Waals surface area contributed by atoms with Crippen molar-refractivity contribution in [3.63, 3.8) is 0 Å². The molecular formula is C16H10F7N5O. The van der Waals surface area contributed by atoms with Gasteiger partial charge in [-0.25, -0.2) is 9.37 Å². The lowest BCUT2D eigenvalue weighted by Gasteiger charge is -2.42. The van der Waals surface area contributed by atoms with E-state index >= 15 is 0 Å². The summed E-state index contributed by atoms with van der Waals surface area (Å²) in [5, 5.41) is 10.8. The maximum absolute atomic E-state index is 14.2. The Morgan fingerprint density at radius 1 is 1.17 bits per heavy atom. The van der Waals surface area contributed by atoms with Crippen LogP contribution >= 0.6 is 0 Å². The molecule has 0 aromatic carbocycles. The van der Waals surface area contributed by atoms with E-state index in [4.69, 9.17) is 0 Å². The van der Waals surface area contributed by atoms with Gasteiger partial charge in [0.15, 0.2) is 17.6 Å². The van der Waals surface area contributed by atoms with Gasteiger partial charge in [0.1, 0.15) is 0 Å². The predicted molar refractivity (Wildman–Crippen MR) is 82.5 cm³/mol. The van der Waals surface area contributed by atoms with E-state index in [0.717, 1.165) is 16.8 Å². The SMILES string of the molecule is CC(F)(F)c1nnc2ccc(-c3cnc(O[C@@H]4CC(F)(F)C4(F)F)c(F)c3)nn12. The number of ether oxygens (including phenoxy) is 1. The lowest BCUT2D eigenvalue weighted by atomic mass is 9.85. The van der Waals surface area contributed by atoms with Crippen LogP contribution in [0.25, 0.3) is 16.9 Å². The summed E-state index contributed by atoms with van der Waals surface area (Å²) in [5.41, 5.74) is 0.0228. The van der Waals surface area contributed by atoms with Crippen LogP contribution in [0.2, 0.25) is 0 Å². The van der Waals surface area contributed by atoms with Crippen LogP contribution in [-0.2, 0) is 5.92 Å². The van der Waals surface area contributed by atoms with E-state index in [2.05, 4.69) is 25.0 Å². The van der Waals surface area contributed by atoms with Gasteiger partial charge < -0.3 is 4.74 Å². The van der Waals surface area contributed by atoms with Crippen LogP contribution in [0.1, 0.15) is 19.2 Å². The van der Waals surface area contributed by atoms with Crippen LogP contribution in [0.4, 0.5) is 30.7 Å². The molecule has 0 bridgehead atoms. The van der Waals surface area contributed by atoms with Crippen LogP contribution in [0.15, 0.2) is 24.4 Å². The molecule has 1 fully saturated rings. The van der Waals surface area contributed by atoms with Crippen LogP contribution in [0.5, 0.6) is 5.88 Å². The Bertz CT molecular complexity index is 1090. The quantitative estimate of drug-likeness (QED) is 0.599. The summed E-state index contributed by atoms with van der Waals surface area (Å²) in [4.78, 5) is 3.52. The molecule has 0 radical (unpaired) electrons.